The Morgan fingerprint density at radius 1 is 1.39 bits per heavy atom. The molecule has 4 nitrogen and oxygen atoms in total. The summed E-state index contributed by atoms with van der Waals surface area (Å²) in [6.45, 7) is 10.5. The van der Waals surface area contributed by atoms with E-state index in [9.17, 15) is 4.79 Å². The molecule has 0 spiro atoms. The molecule has 0 heterocycles. The first-order chi connectivity index (χ1) is 8.29. The first kappa shape index (κ1) is 17.4. The average molecular weight is 258 g/mol. The average Bonchev–Trinajstić information content (AvgIpc) is 2.26. The zero-order valence-electron chi connectivity index (χ0n) is 12.7. The minimum Gasteiger partial charge on any atom is -0.465 e. The Labute approximate surface area is 112 Å². The quantitative estimate of drug-likeness (QED) is 0.643. The van der Waals surface area contributed by atoms with Crippen LogP contribution in [0.1, 0.15) is 47.0 Å². The van der Waals surface area contributed by atoms with Crippen molar-refractivity contribution in [3.63, 3.8) is 0 Å². The summed E-state index contributed by atoms with van der Waals surface area (Å²) in [5.41, 5.74) is 5.11. The fourth-order valence-corrected chi connectivity index (χ4v) is 1.70. The van der Waals surface area contributed by atoms with Crippen molar-refractivity contribution in [3.8, 4) is 0 Å². The Balaban J connectivity index is 3.84. The van der Waals surface area contributed by atoms with Crippen molar-refractivity contribution in [1.82, 2.24) is 4.90 Å². The molecule has 0 aliphatic carbocycles. The zero-order valence-corrected chi connectivity index (χ0v) is 12.7. The van der Waals surface area contributed by atoms with Crippen LogP contribution in [-0.4, -0.2) is 43.2 Å². The number of hydrogen-bond acceptors (Lipinski definition) is 4. The van der Waals surface area contributed by atoms with Crippen molar-refractivity contribution in [1.29, 1.82) is 0 Å². The lowest BCUT2D eigenvalue weighted by Crippen LogP contribution is -2.46. The van der Waals surface area contributed by atoms with Gasteiger partial charge in [-0.2, -0.15) is 0 Å². The van der Waals surface area contributed by atoms with E-state index in [1.807, 2.05) is 0 Å². The maximum atomic E-state index is 11.6. The molecule has 0 aliphatic rings. The molecular formula is C14H30N2O2. The predicted octanol–water partition coefficient (Wildman–Crippen LogP) is 2.02. The van der Waals surface area contributed by atoms with Gasteiger partial charge in [0, 0.05) is 0 Å². The number of nitrogens with two attached hydrogens (primary N) is 1. The number of carbonyl (C=O) groups is 1. The highest BCUT2D eigenvalue weighted by molar-refractivity contribution is 5.79. The molecule has 0 radical (unpaired) electrons. The molecule has 1 unspecified atom stereocenters. The van der Waals surface area contributed by atoms with E-state index >= 15 is 0 Å². The van der Waals surface area contributed by atoms with Gasteiger partial charge in [-0.15, -0.1) is 0 Å². The second-order valence-electron chi connectivity index (χ2n) is 5.73. The third kappa shape index (κ3) is 7.67. The van der Waals surface area contributed by atoms with Gasteiger partial charge in [-0.25, -0.2) is 0 Å². The minimum atomic E-state index is -0.852. The van der Waals surface area contributed by atoms with Crippen LogP contribution >= 0.6 is 0 Å². The predicted molar refractivity (Wildman–Crippen MR) is 75.4 cm³/mol. The number of ether oxygens (including phenoxy) is 1. The molecule has 0 saturated heterocycles. The fraction of sp³-hybridized carbons (Fsp3) is 0.929. The maximum absolute atomic E-state index is 11.6. The molecule has 0 aromatic heterocycles. The monoisotopic (exact) mass is 258 g/mol. The van der Waals surface area contributed by atoms with Crippen molar-refractivity contribution in [2.45, 2.75) is 52.5 Å². The summed E-state index contributed by atoms with van der Waals surface area (Å²) < 4.78 is 4.97. The summed E-state index contributed by atoms with van der Waals surface area (Å²) >= 11 is 0. The lowest BCUT2D eigenvalue weighted by molar-refractivity contribution is -0.149. The molecule has 0 saturated carbocycles. The van der Waals surface area contributed by atoms with Crippen LogP contribution in [0.4, 0.5) is 0 Å². The molecule has 0 aromatic carbocycles. The Kier molecular flexibility index (Phi) is 8.20. The van der Waals surface area contributed by atoms with Crippen LogP contribution in [0.5, 0.6) is 0 Å². The fourth-order valence-electron chi connectivity index (χ4n) is 1.70. The number of carbonyl (C=O) groups excluding carboxylic acids is 1. The first-order valence-corrected chi connectivity index (χ1v) is 6.94. The van der Waals surface area contributed by atoms with Gasteiger partial charge in [0.25, 0.3) is 0 Å². The number of nitrogens with zero attached hydrogens (tertiary/aromatic N) is 1. The lowest BCUT2D eigenvalue weighted by atomic mass is 9.97. The molecule has 18 heavy (non-hydrogen) atoms. The first-order valence-electron chi connectivity index (χ1n) is 6.94. The SMILES string of the molecule is CCOC(=O)C(C)(N)CCCN(C)CCC(C)C. The van der Waals surface area contributed by atoms with Crippen LogP contribution < -0.4 is 5.73 Å². The van der Waals surface area contributed by atoms with E-state index in [1.54, 1.807) is 13.8 Å². The summed E-state index contributed by atoms with van der Waals surface area (Å²) in [4.78, 5) is 13.9. The molecule has 0 fully saturated rings. The highest BCUT2D eigenvalue weighted by Crippen LogP contribution is 2.12. The van der Waals surface area contributed by atoms with E-state index in [0.717, 1.165) is 25.4 Å². The topological polar surface area (TPSA) is 55.6 Å². The van der Waals surface area contributed by atoms with E-state index in [1.165, 1.54) is 6.42 Å². The summed E-state index contributed by atoms with van der Waals surface area (Å²) in [7, 11) is 2.11. The molecule has 0 amide bonds. The van der Waals surface area contributed by atoms with Crippen LogP contribution in [-0.2, 0) is 9.53 Å². The van der Waals surface area contributed by atoms with Crippen molar-refractivity contribution >= 4 is 5.97 Å². The molecule has 0 bridgehead atoms. The third-order valence-electron chi connectivity index (χ3n) is 3.07. The van der Waals surface area contributed by atoms with E-state index in [4.69, 9.17) is 10.5 Å². The molecule has 0 aliphatic heterocycles. The molecule has 0 aromatic rings. The highest BCUT2D eigenvalue weighted by atomic mass is 16.5. The number of rotatable bonds is 9. The second kappa shape index (κ2) is 8.48. The smallest absolute Gasteiger partial charge is 0.325 e. The van der Waals surface area contributed by atoms with Crippen LogP contribution in [0.15, 0.2) is 0 Å². The van der Waals surface area contributed by atoms with E-state index in [2.05, 4.69) is 25.8 Å². The minimum absolute atomic E-state index is 0.296. The van der Waals surface area contributed by atoms with Crippen molar-refractivity contribution in [2.75, 3.05) is 26.7 Å². The van der Waals surface area contributed by atoms with Gasteiger partial charge in [0.2, 0.25) is 0 Å². The Hall–Kier alpha value is -0.610. The van der Waals surface area contributed by atoms with Crippen molar-refractivity contribution < 1.29 is 9.53 Å². The second-order valence-corrected chi connectivity index (χ2v) is 5.73. The van der Waals surface area contributed by atoms with Crippen LogP contribution in [0.3, 0.4) is 0 Å². The number of hydrogen-bond donors (Lipinski definition) is 1. The maximum Gasteiger partial charge on any atom is 0.325 e. The molecule has 108 valence electrons. The Morgan fingerprint density at radius 3 is 2.50 bits per heavy atom. The summed E-state index contributed by atoms with van der Waals surface area (Å²) in [6, 6.07) is 0. The van der Waals surface area contributed by atoms with E-state index in [0.29, 0.717) is 13.0 Å². The molecule has 2 N–H and O–H groups in total. The van der Waals surface area contributed by atoms with Gasteiger partial charge in [-0.1, -0.05) is 13.8 Å². The summed E-state index contributed by atoms with van der Waals surface area (Å²) in [6.07, 6.45) is 2.78. The molecule has 4 heteroatoms. The standard InChI is InChI=1S/C14H30N2O2/c1-6-18-13(17)14(4,15)9-7-10-16(5)11-8-12(2)3/h12H,6-11,15H2,1-5H3. The van der Waals surface area contributed by atoms with Gasteiger partial charge < -0.3 is 15.4 Å². The number of esters is 1. The van der Waals surface area contributed by atoms with Crippen molar-refractivity contribution in [2.24, 2.45) is 11.7 Å². The van der Waals surface area contributed by atoms with Crippen LogP contribution in [0, 0.1) is 5.92 Å². The van der Waals surface area contributed by atoms with Crippen LogP contribution in [0.25, 0.3) is 0 Å². The largest absolute Gasteiger partial charge is 0.465 e. The summed E-state index contributed by atoms with van der Waals surface area (Å²) in [5, 5.41) is 0. The summed E-state index contributed by atoms with van der Waals surface area (Å²) in [5.74, 6) is 0.432. The lowest BCUT2D eigenvalue weighted by Gasteiger charge is -2.24. The normalized spacial score (nSPS) is 14.9. The van der Waals surface area contributed by atoms with Gasteiger partial charge in [0.05, 0.1) is 6.61 Å². The molecule has 0 rings (SSSR count). The van der Waals surface area contributed by atoms with Gasteiger partial charge >= 0.3 is 5.97 Å². The van der Waals surface area contributed by atoms with Gasteiger partial charge in [0.15, 0.2) is 0 Å². The third-order valence-corrected chi connectivity index (χ3v) is 3.07. The Morgan fingerprint density at radius 2 is 2.00 bits per heavy atom. The van der Waals surface area contributed by atoms with Gasteiger partial charge in [-0.3, -0.25) is 4.79 Å². The zero-order chi connectivity index (χ0) is 14.2. The molecular weight excluding hydrogens is 228 g/mol. The van der Waals surface area contributed by atoms with E-state index < -0.39 is 5.54 Å². The van der Waals surface area contributed by atoms with Crippen molar-refractivity contribution in [3.05, 3.63) is 0 Å². The van der Waals surface area contributed by atoms with E-state index in [-0.39, 0.29) is 5.97 Å². The van der Waals surface area contributed by atoms with Crippen LogP contribution in [0.2, 0.25) is 0 Å². The Bertz CT molecular complexity index is 240. The van der Waals surface area contributed by atoms with Gasteiger partial charge in [-0.05, 0) is 59.2 Å². The van der Waals surface area contributed by atoms with Gasteiger partial charge in [0.1, 0.15) is 5.54 Å². The highest BCUT2D eigenvalue weighted by Gasteiger charge is 2.29. The molecule has 1 atom stereocenters.